The summed E-state index contributed by atoms with van der Waals surface area (Å²) in [5.74, 6) is -0.0189. The number of aromatic nitrogens is 3. The molecule has 4 rings (SSSR count). The summed E-state index contributed by atoms with van der Waals surface area (Å²) < 4.78 is 12.4. The number of anilines is 1. The van der Waals surface area contributed by atoms with Gasteiger partial charge in [0.25, 0.3) is 5.56 Å². The molecular weight excluding hydrogens is 466 g/mol. The molecule has 2 N–H and O–H groups in total. The van der Waals surface area contributed by atoms with Crippen molar-refractivity contribution in [1.29, 1.82) is 0 Å². The first-order chi connectivity index (χ1) is 17.0. The maximum absolute atomic E-state index is 13.6. The number of piperidine rings is 1. The zero-order chi connectivity index (χ0) is 26.2. The summed E-state index contributed by atoms with van der Waals surface area (Å²) in [4.78, 5) is 49.3. The fraction of sp³-hybridized carbons (Fsp3) is 0.640. The number of amides is 1. The van der Waals surface area contributed by atoms with Crippen LogP contribution in [-0.4, -0.2) is 80.5 Å². The van der Waals surface area contributed by atoms with Crippen molar-refractivity contribution in [2.24, 2.45) is 0 Å². The molecule has 11 nitrogen and oxygen atoms in total. The van der Waals surface area contributed by atoms with E-state index in [9.17, 15) is 19.5 Å². The van der Waals surface area contributed by atoms with E-state index in [1.807, 2.05) is 20.8 Å². The first-order valence-corrected chi connectivity index (χ1v) is 12.4. The van der Waals surface area contributed by atoms with E-state index < -0.39 is 11.7 Å². The number of aliphatic hydroxyl groups is 1. The average Bonchev–Trinajstić information content (AvgIpc) is 2.79. The van der Waals surface area contributed by atoms with Crippen LogP contribution in [0.2, 0.25) is 0 Å². The Balaban J connectivity index is 1.69. The predicted octanol–water partition coefficient (Wildman–Crippen LogP) is 2.44. The molecule has 0 spiro atoms. The molecule has 4 heterocycles. The molecule has 0 unspecified atom stereocenters. The van der Waals surface area contributed by atoms with E-state index in [-0.39, 0.29) is 41.7 Å². The summed E-state index contributed by atoms with van der Waals surface area (Å²) in [5, 5.41) is 14.0. The van der Waals surface area contributed by atoms with Crippen LogP contribution in [0.25, 0.3) is 11.0 Å². The van der Waals surface area contributed by atoms with Crippen LogP contribution in [0.15, 0.2) is 11.0 Å². The van der Waals surface area contributed by atoms with Gasteiger partial charge in [0, 0.05) is 37.3 Å². The first-order valence-electron chi connectivity index (χ1n) is 12.4. The number of nitrogens with zero attached hydrogens (tertiary/aromatic N) is 4. The number of ketones is 1. The smallest absolute Gasteiger partial charge is 0.410 e. The van der Waals surface area contributed by atoms with E-state index in [4.69, 9.17) is 9.47 Å². The molecule has 2 aromatic heterocycles. The number of carbonyl (C=O) groups is 2. The lowest BCUT2D eigenvalue weighted by atomic mass is 10.0. The van der Waals surface area contributed by atoms with Crippen LogP contribution in [0.1, 0.15) is 68.9 Å². The molecule has 0 aliphatic carbocycles. The third kappa shape index (κ3) is 5.36. The maximum atomic E-state index is 13.6. The molecule has 2 saturated heterocycles. The first kappa shape index (κ1) is 26.0. The predicted molar refractivity (Wildman–Crippen MR) is 133 cm³/mol. The standard InChI is InChI=1S/C25H35N5O6/c1-14-17-12-26-23(27-18-8-11-35-13-19(18)32)28-21(17)30(22(33)20(14)15(2)31)16-6-9-29(10-7-16)24(34)36-25(3,4)5/h12,16,18-19,32H,6-11,13H2,1-5H3,(H,26,27,28)/t18-,19-/m1/s1. The number of aliphatic hydroxyl groups excluding tert-OH is 1. The Hall–Kier alpha value is -3.05. The second-order valence-corrected chi connectivity index (χ2v) is 10.5. The average molecular weight is 502 g/mol. The van der Waals surface area contributed by atoms with E-state index in [1.54, 1.807) is 22.6 Å². The molecule has 2 atom stereocenters. The van der Waals surface area contributed by atoms with Crippen molar-refractivity contribution in [3.8, 4) is 0 Å². The molecule has 2 aliphatic heterocycles. The Morgan fingerprint density at radius 1 is 1.22 bits per heavy atom. The summed E-state index contributed by atoms with van der Waals surface area (Å²) in [6.45, 7) is 10.2. The second-order valence-electron chi connectivity index (χ2n) is 10.5. The summed E-state index contributed by atoms with van der Waals surface area (Å²) >= 11 is 0. The Labute approximate surface area is 209 Å². The van der Waals surface area contributed by atoms with Crippen molar-refractivity contribution in [2.45, 2.75) is 77.7 Å². The van der Waals surface area contributed by atoms with Crippen LogP contribution in [-0.2, 0) is 9.47 Å². The minimum atomic E-state index is -0.695. The summed E-state index contributed by atoms with van der Waals surface area (Å²) in [6.07, 6.45) is 2.17. The second kappa shape index (κ2) is 10.1. The molecule has 196 valence electrons. The van der Waals surface area contributed by atoms with Crippen molar-refractivity contribution >= 4 is 28.9 Å². The highest BCUT2D eigenvalue weighted by molar-refractivity contribution is 5.99. The van der Waals surface area contributed by atoms with Gasteiger partial charge in [0.05, 0.1) is 24.3 Å². The number of aryl methyl sites for hydroxylation is 1. The van der Waals surface area contributed by atoms with Gasteiger partial charge in [0.15, 0.2) is 5.78 Å². The minimum absolute atomic E-state index is 0.126. The van der Waals surface area contributed by atoms with Gasteiger partial charge in [0.2, 0.25) is 5.95 Å². The van der Waals surface area contributed by atoms with Gasteiger partial charge in [-0.1, -0.05) is 0 Å². The van der Waals surface area contributed by atoms with Gasteiger partial charge in [0.1, 0.15) is 11.2 Å². The number of likely N-dealkylation sites (tertiary alicyclic amines) is 1. The fourth-order valence-corrected chi connectivity index (χ4v) is 4.85. The highest BCUT2D eigenvalue weighted by atomic mass is 16.6. The highest BCUT2D eigenvalue weighted by Crippen LogP contribution is 2.28. The van der Waals surface area contributed by atoms with Crippen LogP contribution in [0.3, 0.4) is 0 Å². The van der Waals surface area contributed by atoms with Gasteiger partial charge in [-0.05, 0) is 59.4 Å². The minimum Gasteiger partial charge on any atom is -0.444 e. The fourth-order valence-electron chi connectivity index (χ4n) is 4.85. The molecule has 0 radical (unpaired) electrons. The van der Waals surface area contributed by atoms with Crippen molar-refractivity contribution < 1.29 is 24.2 Å². The van der Waals surface area contributed by atoms with Crippen LogP contribution in [0, 0.1) is 6.92 Å². The molecule has 1 amide bonds. The summed E-state index contributed by atoms with van der Waals surface area (Å²) in [5.41, 5.74) is 0.118. The largest absolute Gasteiger partial charge is 0.444 e. The molecular formula is C25H35N5O6. The molecule has 2 aliphatic rings. The van der Waals surface area contributed by atoms with Gasteiger partial charge < -0.3 is 24.8 Å². The van der Waals surface area contributed by atoms with E-state index in [0.717, 1.165) is 0 Å². The molecule has 0 aromatic carbocycles. The summed E-state index contributed by atoms with van der Waals surface area (Å²) in [7, 11) is 0. The molecule has 0 saturated carbocycles. The molecule has 0 bridgehead atoms. The van der Waals surface area contributed by atoms with Gasteiger partial charge >= 0.3 is 6.09 Å². The number of rotatable bonds is 4. The zero-order valence-electron chi connectivity index (χ0n) is 21.5. The molecule has 2 aromatic rings. The summed E-state index contributed by atoms with van der Waals surface area (Å²) in [6, 6.07) is -0.528. The number of hydrogen-bond donors (Lipinski definition) is 2. The van der Waals surface area contributed by atoms with E-state index >= 15 is 0 Å². The number of ether oxygens (including phenoxy) is 2. The maximum Gasteiger partial charge on any atom is 0.410 e. The van der Waals surface area contributed by atoms with Crippen molar-refractivity contribution in [3.05, 3.63) is 27.7 Å². The van der Waals surface area contributed by atoms with E-state index in [0.29, 0.717) is 61.5 Å². The quantitative estimate of drug-likeness (QED) is 0.605. The molecule has 11 heteroatoms. The number of pyridine rings is 1. The lowest BCUT2D eigenvalue weighted by Crippen LogP contribution is -2.44. The van der Waals surface area contributed by atoms with Crippen LogP contribution in [0.4, 0.5) is 10.7 Å². The SMILES string of the molecule is CC(=O)c1c(C)c2cnc(N[C@@H]3CCOC[C@H]3O)nc2n(C2CCN(C(=O)OC(C)(C)C)CC2)c1=O. The Kier molecular flexibility index (Phi) is 7.33. The van der Waals surface area contributed by atoms with Gasteiger partial charge in [-0.15, -0.1) is 0 Å². The third-order valence-electron chi connectivity index (χ3n) is 6.68. The highest BCUT2D eigenvalue weighted by Gasteiger charge is 2.31. The van der Waals surface area contributed by atoms with Gasteiger partial charge in [-0.25, -0.2) is 9.78 Å². The number of Topliss-reactive ketones (excluding diaryl/α,β-unsaturated/α-hetero) is 1. The monoisotopic (exact) mass is 501 g/mol. The third-order valence-corrected chi connectivity index (χ3v) is 6.68. The van der Waals surface area contributed by atoms with Crippen molar-refractivity contribution in [1.82, 2.24) is 19.4 Å². The number of carbonyl (C=O) groups excluding carboxylic acids is 2. The van der Waals surface area contributed by atoms with Gasteiger partial charge in [-0.3, -0.25) is 14.2 Å². The normalized spacial score (nSPS) is 21.4. The Morgan fingerprint density at radius 2 is 1.92 bits per heavy atom. The van der Waals surface area contributed by atoms with Gasteiger partial charge in [-0.2, -0.15) is 4.98 Å². The Bertz CT molecular complexity index is 1210. The lowest BCUT2D eigenvalue weighted by molar-refractivity contribution is -0.0136. The van der Waals surface area contributed by atoms with Crippen molar-refractivity contribution in [2.75, 3.05) is 31.6 Å². The topological polar surface area (TPSA) is 136 Å². The number of nitrogens with one attached hydrogen (secondary N) is 1. The lowest BCUT2D eigenvalue weighted by Gasteiger charge is -2.34. The van der Waals surface area contributed by atoms with Crippen LogP contribution in [0.5, 0.6) is 0 Å². The zero-order valence-corrected chi connectivity index (χ0v) is 21.5. The van der Waals surface area contributed by atoms with E-state index in [2.05, 4.69) is 15.3 Å². The van der Waals surface area contributed by atoms with Crippen LogP contribution >= 0.6 is 0 Å². The number of hydrogen-bond acceptors (Lipinski definition) is 9. The van der Waals surface area contributed by atoms with E-state index in [1.165, 1.54) is 6.92 Å². The molecule has 36 heavy (non-hydrogen) atoms. The van der Waals surface area contributed by atoms with Crippen LogP contribution < -0.4 is 10.9 Å². The Morgan fingerprint density at radius 3 is 2.53 bits per heavy atom. The number of fused-ring (bicyclic) bond motifs is 1. The molecule has 2 fully saturated rings. The van der Waals surface area contributed by atoms with Crippen molar-refractivity contribution in [3.63, 3.8) is 0 Å².